The predicted octanol–water partition coefficient (Wildman–Crippen LogP) is 5.93. The third-order valence-electron chi connectivity index (χ3n) is 3.47. The molecule has 2 heterocycles. The van der Waals surface area contributed by atoms with Crippen LogP contribution in [0.15, 0.2) is 36.0 Å². The molecular weight excluding hydrogens is 288 g/mol. The maximum atomic E-state index is 5.81. The average molecular weight is 317 g/mol. The van der Waals surface area contributed by atoms with Crippen molar-refractivity contribution in [3.63, 3.8) is 0 Å². The van der Waals surface area contributed by atoms with Gasteiger partial charge in [0, 0.05) is 22.3 Å². The zero-order chi connectivity index (χ0) is 16.7. The highest BCUT2D eigenvalue weighted by Crippen LogP contribution is 2.33. The number of hydrogen-bond donors (Lipinski definition) is 1. The van der Waals surface area contributed by atoms with Crippen LogP contribution in [-0.4, -0.2) is 4.98 Å². The molecule has 120 valence electrons. The molecule has 2 N–H and O–H groups in total. The summed E-state index contributed by atoms with van der Waals surface area (Å²) in [5.41, 5.74) is 10.6. The minimum atomic E-state index is 0.847. The molecule has 0 unspecified atom stereocenters. The van der Waals surface area contributed by atoms with Gasteiger partial charge in [-0.2, -0.15) is 0 Å². The van der Waals surface area contributed by atoms with Gasteiger partial charge in [-0.1, -0.05) is 38.8 Å². The number of thiophene rings is 1. The first-order valence-corrected chi connectivity index (χ1v) is 8.63. The van der Waals surface area contributed by atoms with Gasteiger partial charge in [0.1, 0.15) is 0 Å². The summed E-state index contributed by atoms with van der Waals surface area (Å²) in [4.78, 5) is 5.56. The van der Waals surface area contributed by atoms with E-state index in [0.29, 0.717) is 0 Å². The lowest BCUT2D eigenvalue weighted by Crippen LogP contribution is -1.93. The van der Waals surface area contributed by atoms with Gasteiger partial charge < -0.3 is 5.73 Å². The fourth-order valence-electron chi connectivity index (χ4n) is 1.88. The number of anilines is 1. The predicted molar refractivity (Wildman–Crippen MR) is 100 cm³/mol. The topological polar surface area (TPSA) is 38.9 Å². The van der Waals surface area contributed by atoms with Crippen LogP contribution in [0, 0.1) is 12.8 Å². The Kier molecular flexibility index (Phi) is 7.33. The van der Waals surface area contributed by atoms with Crippen LogP contribution in [0.5, 0.6) is 0 Å². The van der Waals surface area contributed by atoms with Crippen LogP contribution in [0.3, 0.4) is 0 Å². The highest BCUT2D eigenvalue weighted by Gasteiger charge is 2.11. The zero-order valence-electron chi connectivity index (χ0n) is 14.6. The van der Waals surface area contributed by atoms with Crippen LogP contribution in [-0.2, 0) is 0 Å². The minimum absolute atomic E-state index is 0.847. The summed E-state index contributed by atoms with van der Waals surface area (Å²) in [6, 6.07) is 8.12. The van der Waals surface area contributed by atoms with E-state index in [1.54, 1.807) is 11.3 Å². The fraction of sp³-hybridized carbons (Fsp3) is 0.421. The van der Waals surface area contributed by atoms with Crippen LogP contribution in [0.25, 0.3) is 5.57 Å². The third-order valence-corrected chi connectivity index (χ3v) is 4.40. The number of aromatic nitrogens is 1. The summed E-state index contributed by atoms with van der Waals surface area (Å²) in [6.07, 6.45) is 3.13. The van der Waals surface area contributed by atoms with Crippen molar-refractivity contribution in [1.29, 1.82) is 0 Å². The molecule has 22 heavy (non-hydrogen) atoms. The van der Waals surface area contributed by atoms with Gasteiger partial charge in [0.15, 0.2) is 0 Å². The lowest BCUT2D eigenvalue weighted by Gasteiger charge is -2.10. The highest BCUT2D eigenvalue weighted by molar-refractivity contribution is 7.17. The first kappa shape index (κ1) is 18.4. The Morgan fingerprint density at radius 1 is 1.23 bits per heavy atom. The van der Waals surface area contributed by atoms with E-state index in [9.17, 15) is 0 Å². The van der Waals surface area contributed by atoms with Crippen molar-refractivity contribution in [3.05, 3.63) is 52.2 Å². The van der Waals surface area contributed by atoms with Gasteiger partial charge in [-0.3, -0.25) is 4.98 Å². The van der Waals surface area contributed by atoms with E-state index in [0.717, 1.165) is 16.6 Å². The van der Waals surface area contributed by atoms with E-state index in [-0.39, 0.29) is 0 Å². The first-order valence-electron chi connectivity index (χ1n) is 7.81. The van der Waals surface area contributed by atoms with Crippen LogP contribution in [0.2, 0.25) is 0 Å². The van der Waals surface area contributed by atoms with E-state index in [2.05, 4.69) is 51.7 Å². The van der Waals surface area contributed by atoms with E-state index < -0.39 is 0 Å². The van der Waals surface area contributed by atoms with Crippen LogP contribution in [0.1, 0.15) is 57.2 Å². The molecule has 0 amide bonds. The molecule has 0 aliphatic rings. The summed E-state index contributed by atoms with van der Waals surface area (Å²) in [6.45, 7) is 12.9. The Hall–Kier alpha value is -1.61. The van der Waals surface area contributed by atoms with Crippen LogP contribution >= 0.6 is 11.3 Å². The monoisotopic (exact) mass is 316 g/mol. The van der Waals surface area contributed by atoms with Crippen molar-refractivity contribution in [2.45, 2.75) is 48.0 Å². The molecule has 0 radical (unpaired) electrons. The second kappa shape index (κ2) is 8.74. The summed E-state index contributed by atoms with van der Waals surface area (Å²) in [7, 11) is 0. The van der Waals surface area contributed by atoms with Gasteiger partial charge in [-0.15, -0.1) is 11.3 Å². The van der Waals surface area contributed by atoms with Gasteiger partial charge >= 0.3 is 0 Å². The Balaban J connectivity index is 0.000000422. The van der Waals surface area contributed by atoms with E-state index in [1.807, 2.05) is 25.3 Å². The van der Waals surface area contributed by atoms with E-state index in [1.165, 1.54) is 28.0 Å². The Bertz CT molecular complexity index is 620. The number of allylic oxidation sites excluding steroid dienone is 1. The first-order chi connectivity index (χ1) is 10.4. The molecule has 2 nitrogen and oxygen atoms in total. The number of pyridine rings is 1. The molecule has 0 atom stereocenters. The number of rotatable bonds is 3. The van der Waals surface area contributed by atoms with Crippen molar-refractivity contribution in [1.82, 2.24) is 4.98 Å². The quantitative estimate of drug-likeness (QED) is 0.762. The molecule has 0 aliphatic carbocycles. The molecule has 3 heteroatoms. The van der Waals surface area contributed by atoms with Crippen molar-refractivity contribution in [2.24, 2.45) is 5.92 Å². The second-order valence-corrected chi connectivity index (χ2v) is 7.13. The van der Waals surface area contributed by atoms with Gasteiger partial charge in [0.05, 0.1) is 5.00 Å². The molecule has 0 saturated carbocycles. The van der Waals surface area contributed by atoms with Gasteiger partial charge in [-0.25, -0.2) is 0 Å². The molecular formula is C19H28N2S. The smallest absolute Gasteiger partial charge is 0.0862 e. The molecule has 2 rings (SSSR count). The van der Waals surface area contributed by atoms with Crippen molar-refractivity contribution >= 4 is 21.9 Å². The number of hydrogen-bond acceptors (Lipinski definition) is 3. The van der Waals surface area contributed by atoms with Crippen molar-refractivity contribution in [3.8, 4) is 0 Å². The lowest BCUT2D eigenvalue weighted by molar-refractivity contribution is 0.626. The average Bonchev–Trinajstić information content (AvgIpc) is 2.88. The van der Waals surface area contributed by atoms with E-state index in [4.69, 9.17) is 5.73 Å². The second-order valence-electron chi connectivity index (χ2n) is 6.02. The molecule has 0 fully saturated rings. The molecule has 2 aromatic rings. The fourth-order valence-corrected chi connectivity index (χ4v) is 2.83. The number of aryl methyl sites for hydroxylation is 1. The maximum absolute atomic E-state index is 5.81. The number of nitrogens with two attached hydrogens (primary N) is 1. The van der Waals surface area contributed by atoms with Crippen molar-refractivity contribution in [2.75, 3.05) is 5.73 Å². The normalized spacial score (nSPS) is 10.1. The summed E-state index contributed by atoms with van der Waals surface area (Å²) in [5.74, 6) is 0.884. The van der Waals surface area contributed by atoms with Crippen LogP contribution < -0.4 is 5.73 Å². The van der Waals surface area contributed by atoms with Crippen molar-refractivity contribution < 1.29 is 0 Å². The Morgan fingerprint density at radius 2 is 1.86 bits per heavy atom. The molecule has 0 aromatic carbocycles. The molecule has 0 aliphatic heterocycles. The van der Waals surface area contributed by atoms with E-state index >= 15 is 0 Å². The molecule has 0 bridgehead atoms. The minimum Gasteiger partial charge on any atom is -0.391 e. The number of nitrogens with zero attached hydrogens (tertiary/aromatic N) is 1. The Labute approximate surface area is 139 Å². The van der Waals surface area contributed by atoms with Crippen LogP contribution in [0.4, 0.5) is 5.00 Å². The van der Waals surface area contributed by atoms with Gasteiger partial charge in [-0.05, 0) is 50.5 Å². The molecule has 2 aromatic heterocycles. The van der Waals surface area contributed by atoms with Gasteiger partial charge in [0.25, 0.3) is 0 Å². The number of nitrogen functional groups attached to an aromatic ring is 1. The molecule has 0 spiro atoms. The third kappa shape index (κ3) is 5.30. The Morgan fingerprint density at radius 3 is 2.27 bits per heavy atom. The SMILES string of the molecule is CC(C)=C(c1ccc(N)s1)c1cccnc1C.CCC(C)C. The largest absolute Gasteiger partial charge is 0.391 e. The highest BCUT2D eigenvalue weighted by atomic mass is 32.1. The standard InChI is InChI=1S/C14H16N2S.C5H12/c1-9(2)14(12-6-7-13(15)17-12)11-5-4-8-16-10(11)3;1-4-5(2)3/h4-8H,15H2,1-3H3;5H,4H2,1-3H3. The molecule has 0 saturated heterocycles. The lowest BCUT2D eigenvalue weighted by atomic mass is 9.99. The summed E-state index contributed by atoms with van der Waals surface area (Å²) in [5, 5.41) is 0.847. The summed E-state index contributed by atoms with van der Waals surface area (Å²) < 4.78 is 0. The zero-order valence-corrected chi connectivity index (χ0v) is 15.4. The summed E-state index contributed by atoms with van der Waals surface area (Å²) >= 11 is 1.62. The maximum Gasteiger partial charge on any atom is 0.0862 e. The van der Waals surface area contributed by atoms with Gasteiger partial charge in [0.2, 0.25) is 0 Å².